The zero-order chi connectivity index (χ0) is 15.6. The summed E-state index contributed by atoms with van der Waals surface area (Å²) in [4.78, 5) is 4.60. The lowest BCUT2D eigenvalue weighted by atomic mass is 10.2. The fraction of sp³-hybridized carbons (Fsp3) is 0.588. The van der Waals surface area contributed by atoms with E-state index in [1.165, 1.54) is 18.5 Å². The highest BCUT2D eigenvalue weighted by Gasteiger charge is 2.27. The summed E-state index contributed by atoms with van der Waals surface area (Å²) >= 11 is 0. The predicted molar refractivity (Wildman–Crippen MR) is 85.8 cm³/mol. The standard InChI is InChI=1S/C17H24N4O2/c22-16-10-20(8-13-3-6-23-12-13)4-5-21(11-16)9-15-7-17(19-18-15)14-1-2-14/h3,6-7,12,14,16,22H,1-2,4-5,8-11H2,(H,18,19)/t16-/m1/s1. The third-order valence-corrected chi connectivity index (χ3v) is 4.70. The number of rotatable bonds is 5. The molecule has 1 aliphatic carbocycles. The van der Waals surface area contributed by atoms with Gasteiger partial charge >= 0.3 is 0 Å². The van der Waals surface area contributed by atoms with Gasteiger partial charge in [0.05, 0.1) is 24.3 Å². The minimum atomic E-state index is -0.324. The van der Waals surface area contributed by atoms with E-state index in [0.717, 1.165) is 37.4 Å². The normalized spacial score (nSPS) is 24.0. The zero-order valence-electron chi connectivity index (χ0n) is 13.3. The largest absolute Gasteiger partial charge is 0.472 e. The SMILES string of the molecule is O[C@@H]1CN(Cc2ccoc2)CCN(Cc2cc(C3CC3)n[nH]2)C1. The van der Waals surface area contributed by atoms with Crippen molar-refractivity contribution in [3.05, 3.63) is 41.6 Å². The maximum atomic E-state index is 10.3. The Bertz CT molecular complexity index is 620. The predicted octanol–water partition coefficient (Wildman–Crippen LogP) is 1.56. The quantitative estimate of drug-likeness (QED) is 0.876. The highest BCUT2D eigenvalue weighted by atomic mass is 16.3. The van der Waals surface area contributed by atoms with Crippen molar-refractivity contribution in [3.63, 3.8) is 0 Å². The van der Waals surface area contributed by atoms with E-state index in [1.807, 2.05) is 6.07 Å². The molecule has 0 bridgehead atoms. The van der Waals surface area contributed by atoms with Crippen LogP contribution in [0.3, 0.4) is 0 Å². The summed E-state index contributed by atoms with van der Waals surface area (Å²) in [6.07, 6.45) is 5.70. The van der Waals surface area contributed by atoms with E-state index in [2.05, 4.69) is 26.1 Å². The Morgan fingerprint density at radius 1 is 1.22 bits per heavy atom. The molecular weight excluding hydrogens is 292 g/mol. The second-order valence-electron chi connectivity index (χ2n) is 6.85. The molecule has 0 radical (unpaired) electrons. The van der Waals surface area contributed by atoms with E-state index < -0.39 is 0 Å². The molecule has 0 spiro atoms. The molecule has 6 nitrogen and oxygen atoms in total. The van der Waals surface area contributed by atoms with Gasteiger partial charge in [-0.3, -0.25) is 14.9 Å². The van der Waals surface area contributed by atoms with Crippen LogP contribution in [0.4, 0.5) is 0 Å². The molecule has 0 aromatic carbocycles. The fourth-order valence-corrected chi connectivity index (χ4v) is 3.34. The van der Waals surface area contributed by atoms with Crippen LogP contribution in [0.2, 0.25) is 0 Å². The summed E-state index contributed by atoms with van der Waals surface area (Å²) in [6.45, 7) is 4.98. The Hall–Kier alpha value is -1.63. The topological polar surface area (TPSA) is 68.5 Å². The molecule has 2 aliphatic rings. The zero-order valence-corrected chi connectivity index (χ0v) is 13.3. The number of hydrogen-bond donors (Lipinski definition) is 2. The van der Waals surface area contributed by atoms with E-state index in [4.69, 9.17) is 4.42 Å². The lowest BCUT2D eigenvalue weighted by Gasteiger charge is -2.20. The summed E-state index contributed by atoms with van der Waals surface area (Å²) in [6, 6.07) is 4.18. The van der Waals surface area contributed by atoms with Gasteiger partial charge in [0.2, 0.25) is 0 Å². The van der Waals surface area contributed by atoms with Crippen molar-refractivity contribution in [2.24, 2.45) is 0 Å². The number of furan rings is 1. The first-order valence-corrected chi connectivity index (χ1v) is 8.44. The van der Waals surface area contributed by atoms with Crippen LogP contribution in [-0.2, 0) is 13.1 Å². The van der Waals surface area contributed by atoms with Crippen LogP contribution in [0.5, 0.6) is 0 Å². The van der Waals surface area contributed by atoms with Gasteiger partial charge in [0.15, 0.2) is 0 Å². The third-order valence-electron chi connectivity index (χ3n) is 4.70. The van der Waals surface area contributed by atoms with Crippen LogP contribution in [0.25, 0.3) is 0 Å². The van der Waals surface area contributed by atoms with Gasteiger partial charge in [-0.15, -0.1) is 0 Å². The maximum Gasteiger partial charge on any atom is 0.0947 e. The monoisotopic (exact) mass is 316 g/mol. The Kier molecular flexibility index (Phi) is 4.20. The lowest BCUT2D eigenvalue weighted by molar-refractivity contribution is 0.105. The molecule has 2 aromatic heterocycles. The fourth-order valence-electron chi connectivity index (χ4n) is 3.34. The highest BCUT2D eigenvalue weighted by Crippen LogP contribution is 2.39. The smallest absolute Gasteiger partial charge is 0.0947 e. The van der Waals surface area contributed by atoms with Gasteiger partial charge in [0, 0.05) is 56.4 Å². The Morgan fingerprint density at radius 2 is 2.00 bits per heavy atom. The van der Waals surface area contributed by atoms with E-state index >= 15 is 0 Å². The Labute approximate surface area is 136 Å². The number of aromatic amines is 1. The van der Waals surface area contributed by atoms with Gasteiger partial charge in [-0.1, -0.05) is 0 Å². The van der Waals surface area contributed by atoms with Crippen LogP contribution in [0.1, 0.15) is 35.7 Å². The first-order valence-electron chi connectivity index (χ1n) is 8.44. The molecule has 1 saturated carbocycles. The van der Waals surface area contributed by atoms with E-state index in [-0.39, 0.29) is 6.10 Å². The van der Waals surface area contributed by atoms with E-state index in [0.29, 0.717) is 19.0 Å². The number of H-pyrrole nitrogens is 1. The number of aromatic nitrogens is 2. The van der Waals surface area contributed by atoms with Crippen molar-refractivity contribution < 1.29 is 9.52 Å². The molecule has 1 aliphatic heterocycles. The van der Waals surface area contributed by atoms with E-state index in [9.17, 15) is 5.11 Å². The minimum absolute atomic E-state index is 0.324. The van der Waals surface area contributed by atoms with Gasteiger partial charge < -0.3 is 9.52 Å². The van der Waals surface area contributed by atoms with Crippen LogP contribution < -0.4 is 0 Å². The summed E-state index contributed by atoms with van der Waals surface area (Å²) in [7, 11) is 0. The van der Waals surface area contributed by atoms with Gasteiger partial charge in [-0.05, 0) is 25.0 Å². The molecule has 0 amide bonds. The van der Waals surface area contributed by atoms with Crippen molar-refractivity contribution in [3.8, 4) is 0 Å². The molecule has 0 unspecified atom stereocenters. The van der Waals surface area contributed by atoms with Crippen LogP contribution in [-0.4, -0.2) is 57.4 Å². The molecule has 2 N–H and O–H groups in total. The highest BCUT2D eigenvalue weighted by molar-refractivity contribution is 5.17. The van der Waals surface area contributed by atoms with Crippen LogP contribution in [0, 0.1) is 0 Å². The van der Waals surface area contributed by atoms with Gasteiger partial charge in [0.25, 0.3) is 0 Å². The molecule has 6 heteroatoms. The Balaban J connectivity index is 1.34. The first kappa shape index (κ1) is 14.9. The number of aliphatic hydroxyl groups is 1. The van der Waals surface area contributed by atoms with Crippen LogP contribution in [0.15, 0.2) is 29.1 Å². The molecule has 1 saturated heterocycles. The average molecular weight is 316 g/mol. The Morgan fingerprint density at radius 3 is 2.70 bits per heavy atom. The second-order valence-corrected chi connectivity index (χ2v) is 6.85. The van der Waals surface area contributed by atoms with Crippen LogP contribution >= 0.6 is 0 Å². The van der Waals surface area contributed by atoms with Gasteiger partial charge in [-0.25, -0.2) is 0 Å². The average Bonchev–Trinajstić information content (AvgIpc) is 3.11. The minimum Gasteiger partial charge on any atom is -0.472 e. The van der Waals surface area contributed by atoms with Crippen molar-refractivity contribution in [2.45, 2.75) is 38.0 Å². The molecule has 2 aromatic rings. The number of nitrogens with one attached hydrogen (secondary N) is 1. The second kappa shape index (κ2) is 6.47. The number of hydrogen-bond acceptors (Lipinski definition) is 5. The maximum absolute atomic E-state index is 10.3. The van der Waals surface area contributed by atoms with E-state index in [1.54, 1.807) is 12.5 Å². The van der Waals surface area contributed by atoms with Crippen molar-refractivity contribution in [2.75, 3.05) is 26.2 Å². The molecule has 4 rings (SSSR count). The van der Waals surface area contributed by atoms with Gasteiger partial charge in [0.1, 0.15) is 0 Å². The van der Waals surface area contributed by atoms with Crippen molar-refractivity contribution in [1.82, 2.24) is 20.0 Å². The lowest BCUT2D eigenvalue weighted by Crippen LogP contribution is -2.33. The summed E-state index contributed by atoms with van der Waals surface area (Å²) in [5, 5.41) is 17.9. The summed E-state index contributed by atoms with van der Waals surface area (Å²) in [5.41, 5.74) is 3.52. The number of nitrogens with zero attached hydrogens (tertiary/aromatic N) is 3. The molecule has 23 heavy (non-hydrogen) atoms. The van der Waals surface area contributed by atoms with Crippen molar-refractivity contribution in [1.29, 1.82) is 0 Å². The molecule has 3 heterocycles. The third kappa shape index (κ3) is 3.83. The molecule has 124 valence electrons. The first-order chi connectivity index (χ1) is 11.3. The van der Waals surface area contributed by atoms with Gasteiger partial charge in [-0.2, -0.15) is 5.10 Å². The number of aliphatic hydroxyl groups excluding tert-OH is 1. The number of β-amino-alcohol motifs (C(OH)–C–C–N with tert-alkyl or cyclic N) is 1. The van der Waals surface area contributed by atoms with Crippen molar-refractivity contribution >= 4 is 0 Å². The molecular formula is C17H24N4O2. The molecule has 1 atom stereocenters. The molecule has 2 fully saturated rings. The summed E-state index contributed by atoms with van der Waals surface area (Å²) < 4.78 is 5.13. The summed E-state index contributed by atoms with van der Waals surface area (Å²) in [5.74, 6) is 0.681.